The van der Waals surface area contributed by atoms with Gasteiger partial charge in [-0.25, -0.2) is 4.98 Å². The summed E-state index contributed by atoms with van der Waals surface area (Å²) in [5.41, 5.74) is -0.304. The SMILES string of the molecule is O=c1[nH]c(CCOCC(F)(F)F)ncc1I. The Morgan fingerprint density at radius 1 is 1.50 bits per heavy atom. The molecule has 0 radical (unpaired) electrons. The van der Waals surface area contributed by atoms with E-state index in [9.17, 15) is 18.0 Å². The van der Waals surface area contributed by atoms with Gasteiger partial charge < -0.3 is 9.72 Å². The molecule has 0 aromatic carbocycles. The fraction of sp³-hybridized carbons (Fsp3) is 0.500. The quantitative estimate of drug-likeness (QED) is 0.663. The molecular weight excluding hydrogens is 340 g/mol. The second kappa shape index (κ2) is 5.62. The maximum Gasteiger partial charge on any atom is 0.411 e. The van der Waals surface area contributed by atoms with Crippen molar-refractivity contribution in [2.75, 3.05) is 13.2 Å². The van der Waals surface area contributed by atoms with Crippen LogP contribution in [0.2, 0.25) is 0 Å². The van der Waals surface area contributed by atoms with Crippen molar-refractivity contribution in [3.63, 3.8) is 0 Å². The average molecular weight is 348 g/mol. The van der Waals surface area contributed by atoms with E-state index in [1.165, 1.54) is 6.20 Å². The lowest BCUT2D eigenvalue weighted by molar-refractivity contribution is -0.173. The lowest BCUT2D eigenvalue weighted by Crippen LogP contribution is -2.19. The van der Waals surface area contributed by atoms with Crippen molar-refractivity contribution in [3.05, 3.63) is 25.9 Å². The molecule has 0 unspecified atom stereocenters. The largest absolute Gasteiger partial charge is 0.411 e. The highest BCUT2D eigenvalue weighted by atomic mass is 127. The molecule has 0 aliphatic heterocycles. The number of aromatic nitrogens is 2. The molecule has 1 aromatic heterocycles. The van der Waals surface area contributed by atoms with Gasteiger partial charge in [-0.15, -0.1) is 0 Å². The Balaban J connectivity index is 2.38. The highest BCUT2D eigenvalue weighted by Gasteiger charge is 2.27. The van der Waals surface area contributed by atoms with Gasteiger partial charge in [0.15, 0.2) is 0 Å². The van der Waals surface area contributed by atoms with Crippen LogP contribution >= 0.6 is 22.6 Å². The molecule has 1 N–H and O–H groups in total. The molecular formula is C8H8F3IN2O2. The monoisotopic (exact) mass is 348 g/mol. The third-order valence-electron chi connectivity index (χ3n) is 1.56. The zero-order valence-electron chi connectivity index (χ0n) is 7.97. The van der Waals surface area contributed by atoms with E-state index in [4.69, 9.17) is 0 Å². The molecule has 0 fully saturated rings. The Morgan fingerprint density at radius 2 is 2.19 bits per heavy atom. The van der Waals surface area contributed by atoms with Crippen molar-refractivity contribution in [1.82, 2.24) is 9.97 Å². The predicted octanol–water partition coefficient (Wildman–Crippen LogP) is 1.50. The average Bonchev–Trinajstić information content (AvgIpc) is 2.17. The van der Waals surface area contributed by atoms with E-state index in [0.29, 0.717) is 9.39 Å². The van der Waals surface area contributed by atoms with Crippen LogP contribution in [0.15, 0.2) is 11.0 Å². The van der Waals surface area contributed by atoms with Gasteiger partial charge in [0.05, 0.1) is 10.2 Å². The van der Waals surface area contributed by atoms with Crippen molar-refractivity contribution in [3.8, 4) is 0 Å². The van der Waals surface area contributed by atoms with E-state index in [0.717, 1.165) is 0 Å². The molecule has 1 rings (SSSR count). The Bertz CT molecular complexity index is 405. The second-order valence-electron chi connectivity index (χ2n) is 2.92. The number of alkyl halides is 3. The number of halogens is 4. The molecule has 1 aromatic rings. The number of ether oxygens (including phenoxy) is 1. The van der Waals surface area contributed by atoms with Crippen LogP contribution in [0.25, 0.3) is 0 Å². The van der Waals surface area contributed by atoms with Gasteiger partial charge >= 0.3 is 6.18 Å². The van der Waals surface area contributed by atoms with Crippen LogP contribution in [0.5, 0.6) is 0 Å². The summed E-state index contributed by atoms with van der Waals surface area (Å²) in [5.74, 6) is 0.313. The van der Waals surface area contributed by atoms with Gasteiger partial charge in [0.1, 0.15) is 12.4 Å². The number of rotatable bonds is 4. The van der Waals surface area contributed by atoms with E-state index in [1.807, 2.05) is 22.6 Å². The maximum atomic E-state index is 11.7. The lowest BCUT2D eigenvalue weighted by atomic mass is 10.4. The molecule has 0 saturated carbocycles. The third-order valence-corrected chi connectivity index (χ3v) is 2.33. The summed E-state index contributed by atoms with van der Waals surface area (Å²) in [5, 5.41) is 0. The molecule has 0 spiro atoms. The molecule has 8 heteroatoms. The van der Waals surface area contributed by atoms with Gasteiger partial charge in [-0.05, 0) is 22.6 Å². The molecule has 0 bridgehead atoms. The number of nitrogens with one attached hydrogen (secondary N) is 1. The minimum absolute atomic E-state index is 0.136. The van der Waals surface area contributed by atoms with Crippen molar-refractivity contribution in [2.24, 2.45) is 0 Å². The summed E-state index contributed by atoms with van der Waals surface area (Å²) in [6.45, 7) is -1.43. The fourth-order valence-corrected chi connectivity index (χ4v) is 1.17. The number of aromatic amines is 1. The van der Waals surface area contributed by atoms with Crippen LogP contribution in [0, 0.1) is 3.57 Å². The second-order valence-corrected chi connectivity index (χ2v) is 4.09. The molecule has 0 saturated heterocycles. The van der Waals surface area contributed by atoms with Gasteiger partial charge in [-0.1, -0.05) is 0 Å². The van der Waals surface area contributed by atoms with E-state index >= 15 is 0 Å². The lowest BCUT2D eigenvalue weighted by Gasteiger charge is -2.06. The van der Waals surface area contributed by atoms with Gasteiger partial charge in [0.25, 0.3) is 5.56 Å². The van der Waals surface area contributed by atoms with Crippen molar-refractivity contribution < 1.29 is 17.9 Å². The Morgan fingerprint density at radius 3 is 2.75 bits per heavy atom. The molecule has 4 nitrogen and oxygen atoms in total. The Kier molecular flexibility index (Phi) is 4.71. The minimum Gasteiger partial charge on any atom is -0.372 e. The van der Waals surface area contributed by atoms with E-state index in [1.54, 1.807) is 0 Å². The smallest absolute Gasteiger partial charge is 0.372 e. The normalized spacial score (nSPS) is 11.8. The molecule has 0 aliphatic rings. The summed E-state index contributed by atoms with van der Waals surface area (Å²) < 4.78 is 39.9. The summed E-state index contributed by atoms with van der Waals surface area (Å²) in [4.78, 5) is 17.4. The molecule has 0 amide bonds. The standard InChI is InChI=1S/C8H8F3IN2O2/c9-8(10,11)4-16-2-1-6-13-3-5(12)7(15)14-6/h3H,1-2,4H2,(H,13,14,15). The van der Waals surface area contributed by atoms with Gasteiger partial charge in [0, 0.05) is 12.6 Å². The number of hydrogen-bond donors (Lipinski definition) is 1. The first-order valence-electron chi connectivity index (χ1n) is 4.26. The van der Waals surface area contributed by atoms with E-state index in [2.05, 4.69) is 14.7 Å². The van der Waals surface area contributed by atoms with Crippen LogP contribution in [0.3, 0.4) is 0 Å². The first-order valence-corrected chi connectivity index (χ1v) is 5.34. The number of nitrogens with zero attached hydrogens (tertiary/aromatic N) is 1. The van der Waals surface area contributed by atoms with Crippen molar-refractivity contribution in [1.29, 1.82) is 0 Å². The van der Waals surface area contributed by atoms with Crippen LogP contribution in [-0.2, 0) is 11.2 Å². The first-order chi connectivity index (χ1) is 7.38. The minimum atomic E-state index is -4.33. The zero-order valence-corrected chi connectivity index (χ0v) is 10.1. The Labute approximate surface area is 102 Å². The first kappa shape index (κ1) is 13.4. The maximum absolute atomic E-state index is 11.7. The molecule has 16 heavy (non-hydrogen) atoms. The summed E-state index contributed by atoms with van der Waals surface area (Å²) >= 11 is 1.81. The van der Waals surface area contributed by atoms with Crippen LogP contribution in [0.4, 0.5) is 13.2 Å². The van der Waals surface area contributed by atoms with Crippen molar-refractivity contribution >= 4 is 22.6 Å². The predicted molar refractivity (Wildman–Crippen MR) is 58.2 cm³/mol. The zero-order chi connectivity index (χ0) is 12.2. The van der Waals surface area contributed by atoms with Crippen LogP contribution in [0.1, 0.15) is 5.82 Å². The summed E-state index contributed by atoms with van der Waals surface area (Å²) in [6, 6.07) is 0. The van der Waals surface area contributed by atoms with Gasteiger partial charge in [-0.3, -0.25) is 4.79 Å². The third kappa shape index (κ3) is 4.92. The molecule has 90 valence electrons. The van der Waals surface area contributed by atoms with E-state index < -0.39 is 12.8 Å². The van der Waals surface area contributed by atoms with Crippen molar-refractivity contribution in [2.45, 2.75) is 12.6 Å². The highest BCUT2D eigenvalue weighted by Crippen LogP contribution is 2.14. The Hall–Kier alpha value is -0.640. The highest BCUT2D eigenvalue weighted by molar-refractivity contribution is 14.1. The van der Waals surface area contributed by atoms with Gasteiger partial charge in [-0.2, -0.15) is 13.2 Å². The summed E-state index contributed by atoms with van der Waals surface area (Å²) in [7, 11) is 0. The van der Waals surface area contributed by atoms with Crippen LogP contribution < -0.4 is 5.56 Å². The fourth-order valence-electron chi connectivity index (χ4n) is 0.900. The number of H-pyrrole nitrogens is 1. The van der Waals surface area contributed by atoms with Gasteiger partial charge in [0.2, 0.25) is 0 Å². The topological polar surface area (TPSA) is 55.0 Å². The molecule has 0 atom stereocenters. The summed E-state index contributed by atoms with van der Waals surface area (Å²) in [6.07, 6.45) is -2.83. The van der Waals surface area contributed by atoms with Crippen LogP contribution in [-0.4, -0.2) is 29.4 Å². The number of hydrogen-bond acceptors (Lipinski definition) is 3. The van der Waals surface area contributed by atoms with E-state index in [-0.39, 0.29) is 18.6 Å². The molecule has 0 aliphatic carbocycles. The molecule has 1 heterocycles.